The van der Waals surface area contributed by atoms with Gasteiger partial charge >= 0.3 is 0 Å². The molecule has 2 atom stereocenters. The first-order chi connectivity index (χ1) is 7.24. The van der Waals surface area contributed by atoms with Crippen LogP contribution in [0.15, 0.2) is 6.20 Å². The highest BCUT2D eigenvalue weighted by Gasteiger charge is 2.23. The van der Waals surface area contributed by atoms with Crippen molar-refractivity contribution in [3.05, 3.63) is 11.9 Å². The van der Waals surface area contributed by atoms with Gasteiger partial charge in [-0.3, -0.25) is 4.68 Å². The molecular formula is C10H20N4O. The molecule has 0 saturated heterocycles. The average Bonchev–Trinajstić information content (AvgIpc) is 2.65. The van der Waals surface area contributed by atoms with Crippen molar-refractivity contribution in [1.29, 1.82) is 0 Å². The van der Waals surface area contributed by atoms with E-state index in [1.165, 1.54) is 0 Å². The van der Waals surface area contributed by atoms with Crippen molar-refractivity contribution in [3.8, 4) is 0 Å². The van der Waals surface area contributed by atoms with E-state index < -0.39 is 0 Å². The fourth-order valence-electron chi connectivity index (χ4n) is 1.77. The quantitative estimate of drug-likeness (QED) is 0.761. The lowest BCUT2D eigenvalue weighted by Crippen LogP contribution is -2.32. The van der Waals surface area contributed by atoms with Crippen molar-refractivity contribution in [2.45, 2.75) is 32.4 Å². The molecule has 0 aromatic carbocycles. The van der Waals surface area contributed by atoms with Crippen LogP contribution in [0.5, 0.6) is 0 Å². The number of hydrogen-bond acceptors (Lipinski definition) is 4. The molecule has 1 heterocycles. The Hall–Kier alpha value is -0.940. The molecule has 1 aromatic heterocycles. The van der Waals surface area contributed by atoms with Crippen molar-refractivity contribution < 1.29 is 4.74 Å². The number of aryl methyl sites for hydroxylation is 1. The van der Waals surface area contributed by atoms with E-state index in [0.29, 0.717) is 0 Å². The van der Waals surface area contributed by atoms with Crippen LogP contribution in [-0.2, 0) is 11.8 Å². The van der Waals surface area contributed by atoms with Crippen LogP contribution >= 0.6 is 0 Å². The van der Waals surface area contributed by atoms with Gasteiger partial charge in [0.05, 0.1) is 24.0 Å². The molecule has 5 heteroatoms. The Morgan fingerprint density at radius 1 is 1.53 bits per heavy atom. The van der Waals surface area contributed by atoms with Crippen molar-refractivity contribution in [3.63, 3.8) is 0 Å². The van der Waals surface area contributed by atoms with Crippen LogP contribution in [0.4, 0.5) is 0 Å². The Balaban J connectivity index is 2.82. The predicted molar refractivity (Wildman–Crippen MR) is 58.5 cm³/mol. The fraction of sp³-hybridized carbons (Fsp3) is 0.800. The third-order valence-electron chi connectivity index (χ3n) is 2.53. The van der Waals surface area contributed by atoms with Crippen molar-refractivity contribution >= 4 is 0 Å². The zero-order valence-electron chi connectivity index (χ0n) is 9.90. The van der Waals surface area contributed by atoms with Gasteiger partial charge in [-0.25, -0.2) is 0 Å². The molecule has 0 bridgehead atoms. The summed E-state index contributed by atoms with van der Waals surface area (Å²) in [7, 11) is 3.82. The van der Waals surface area contributed by atoms with Gasteiger partial charge in [-0.05, 0) is 20.4 Å². The molecule has 0 spiro atoms. The minimum atomic E-state index is 0.148. The Morgan fingerprint density at radius 2 is 2.27 bits per heavy atom. The molecule has 0 amide bonds. The lowest BCUT2D eigenvalue weighted by atomic mass is 10.1. The second-order valence-electron chi connectivity index (χ2n) is 3.45. The Bertz CT molecular complexity index is 287. The first-order valence-electron chi connectivity index (χ1n) is 5.38. The molecule has 0 fully saturated rings. The highest BCUT2D eigenvalue weighted by molar-refractivity contribution is 5.04. The molecule has 1 N–H and O–H groups in total. The number of likely N-dealkylation sites (N-methyl/N-ethyl adjacent to an activating group) is 1. The number of nitrogens with zero attached hydrogens (tertiary/aromatic N) is 3. The van der Waals surface area contributed by atoms with E-state index in [2.05, 4.69) is 22.6 Å². The smallest absolute Gasteiger partial charge is 0.0782 e. The van der Waals surface area contributed by atoms with Gasteiger partial charge < -0.3 is 10.1 Å². The summed E-state index contributed by atoms with van der Waals surface area (Å²) in [5.41, 5.74) is 1.05. The topological polar surface area (TPSA) is 52.0 Å². The van der Waals surface area contributed by atoms with Crippen LogP contribution in [0.1, 0.15) is 32.0 Å². The monoisotopic (exact) mass is 212 g/mol. The first-order valence-corrected chi connectivity index (χ1v) is 5.38. The molecular weight excluding hydrogens is 192 g/mol. The zero-order chi connectivity index (χ0) is 11.3. The zero-order valence-corrected chi connectivity index (χ0v) is 9.90. The van der Waals surface area contributed by atoms with Gasteiger partial charge in [0, 0.05) is 13.7 Å². The number of aromatic nitrogens is 3. The van der Waals surface area contributed by atoms with E-state index in [0.717, 1.165) is 18.7 Å². The van der Waals surface area contributed by atoms with Crippen molar-refractivity contribution in [2.75, 3.05) is 13.7 Å². The maximum Gasteiger partial charge on any atom is 0.0782 e. The van der Waals surface area contributed by atoms with Crippen LogP contribution in [0, 0.1) is 0 Å². The lowest BCUT2D eigenvalue weighted by Gasteiger charge is -2.25. The Morgan fingerprint density at radius 3 is 2.67 bits per heavy atom. The molecule has 86 valence electrons. The normalized spacial score (nSPS) is 15.2. The molecule has 0 aliphatic rings. The van der Waals surface area contributed by atoms with Crippen molar-refractivity contribution in [2.24, 2.45) is 7.05 Å². The summed E-state index contributed by atoms with van der Waals surface area (Å²) in [4.78, 5) is 0. The molecule has 1 rings (SSSR count). The van der Waals surface area contributed by atoms with Crippen molar-refractivity contribution in [1.82, 2.24) is 20.3 Å². The summed E-state index contributed by atoms with van der Waals surface area (Å²) < 4.78 is 7.47. The Labute approximate surface area is 90.8 Å². The first kappa shape index (κ1) is 12.1. The third kappa shape index (κ3) is 2.76. The standard InChI is InChI=1S/C10H20N4O/c1-5-9(15-6-2)10(11-3)8-7-12-13-14(8)4/h7,9-11H,5-6H2,1-4H3. The van der Waals surface area contributed by atoms with Crippen LogP contribution in [-0.4, -0.2) is 34.8 Å². The van der Waals surface area contributed by atoms with Gasteiger partial charge in [0.25, 0.3) is 0 Å². The molecule has 0 radical (unpaired) electrons. The molecule has 2 unspecified atom stereocenters. The van der Waals surface area contributed by atoms with Gasteiger partial charge in [0.1, 0.15) is 0 Å². The fourth-order valence-corrected chi connectivity index (χ4v) is 1.77. The van der Waals surface area contributed by atoms with Gasteiger partial charge in [0.2, 0.25) is 0 Å². The maximum absolute atomic E-state index is 5.69. The minimum Gasteiger partial charge on any atom is -0.376 e. The SMILES string of the molecule is CCOC(CC)C(NC)c1cnnn1C. The summed E-state index contributed by atoms with van der Waals surface area (Å²) >= 11 is 0. The summed E-state index contributed by atoms with van der Waals surface area (Å²) in [5, 5.41) is 11.1. The van der Waals surface area contributed by atoms with E-state index in [1.807, 2.05) is 21.0 Å². The summed E-state index contributed by atoms with van der Waals surface area (Å²) in [5.74, 6) is 0. The van der Waals surface area contributed by atoms with E-state index in [4.69, 9.17) is 4.74 Å². The number of ether oxygens (including phenoxy) is 1. The third-order valence-corrected chi connectivity index (χ3v) is 2.53. The Kier molecular flexibility index (Phi) is 4.71. The van der Waals surface area contributed by atoms with Gasteiger partial charge in [-0.15, -0.1) is 5.10 Å². The highest BCUT2D eigenvalue weighted by atomic mass is 16.5. The van der Waals surface area contributed by atoms with Gasteiger partial charge in [0.15, 0.2) is 0 Å². The van der Waals surface area contributed by atoms with E-state index in [-0.39, 0.29) is 12.1 Å². The second kappa shape index (κ2) is 5.82. The average molecular weight is 212 g/mol. The largest absolute Gasteiger partial charge is 0.376 e. The molecule has 1 aromatic rings. The molecule has 0 aliphatic carbocycles. The van der Waals surface area contributed by atoms with E-state index in [1.54, 1.807) is 10.9 Å². The predicted octanol–water partition coefficient (Wildman–Crippen LogP) is 0.891. The van der Waals surface area contributed by atoms with Crippen LogP contribution in [0.25, 0.3) is 0 Å². The van der Waals surface area contributed by atoms with Crippen LogP contribution in [0.2, 0.25) is 0 Å². The highest BCUT2D eigenvalue weighted by Crippen LogP contribution is 2.19. The second-order valence-corrected chi connectivity index (χ2v) is 3.45. The summed E-state index contributed by atoms with van der Waals surface area (Å²) in [6, 6.07) is 0.148. The summed E-state index contributed by atoms with van der Waals surface area (Å²) in [6.07, 6.45) is 2.91. The minimum absolute atomic E-state index is 0.148. The number of hydrogen-bond donors (Lipinski definition) is 1. The number of rotatable bonds is 6. The summed E-state index contributed by atoms with van der Waals surface area (Å²) in [6.45, 7) is 4.85. The lowest BCUT2D eigenvalue weighted by molar-refractivity contribution is 0.0314. The number of nitrogens with one attached hydrogen (secondary N) is 1. The van der Waals surface area contributed by atoms with Gasteiger partial charge in [-0.2, -0.15) is 0 Å². The van der Waals surface area contributed by atoms with Gasteiger partial charge in [-0.1, -0.05) is 12.1 Å². The maximum atomic E-state index is 5.69. The molecule has 15 heavy (non-hydrogen) atoms. The molecule has 0 saturated carbocycles. The van der Waals surface area contributed by atoms with E-state index in [9.17, 15) is 0 Å². The molecule has 5 nitrogen and oxygen atoms in total. The molecule has 0 aliphatic heterocycles. The van der Waals surface area contributed by atoms with E-state index >= 15 is 0 Å². The van der Waals surface area contributed by atoms with Crippen LogP contribution < -0.4 is 5.32 Å². The van der Waals surface area contributed by atoms with Crippen LogP contribution in [0.3, 0.4) is 0 Å².